The third-order valence-electron chi connectivity index (χ3n) is 2.54. The fourth-order valence-corrected chi connectivity index (χ4v) is 1.75. The molecule has 1 aromatic carbocycles. The lowest BCUT2D eigenvalue weighted by molar-refractivity contribution is 0.472. The van der Waals surface area contributed by atoms with Crippen LogP contribution in [0.2, 0.25) is 0 Å². The Morgan fingerprint density at radius 3 is 2.57 bits per heavy atom. The van der Waals surface area contributed by atoms with Crippen molar-refractivity contribution in [3.63, 3.8) is 0 Å². The van der Waals surface area contributed by atoms with Crippen molar-refractivity contribution in [1.82, 2.24) is 4.98 Å². The van der Waals surface area contributed by atoms with Crippen molar-refractivity contribution < 1.29 is 5.11 Å². The largest absolute Gasteiger partial charge is 0.508 e. The number of aromatic nitrogens is 1. The molecule has 0 amide bonds. The van der Waals surface area contributed by atoms with Gasteiger partial charge in [-0.15, -0.1) is 0 Å². The topological polar surface area (TPSA) is 33.1 Å². The number of rotatable bonds is 0. The molecule has 2 nitrogen and oxygen atoms in total. The van der Waals surface area contributed by atoms with Crippen LogP contribution in [0.25, 0.3) is 10.9 Å². The Labute approximate surface area is 83.2 Å². The highest BCUT2D eigenvalue weighted by atomic mass is 16.3. The minimum atomic E-state index is 0.315. The van der Waals surface area contributed by atoms with Crippen LogP contribution in [0, 0.1) is 20.8 Å². The second-order valence-electron chi connectivity index (χ2n) is 3.69. The summed E-state index contributed by atoms with van der Waals surface area (Å²) < 4.78 is 0. The Hall–Kier alpha value is -1.57. The highest BCUT2D eigenvalue weighted by Crippen LogP contribution is 2.26. The van der Waals surface area contributed by atoms with Crippen LogP contribution in [0.4, 0.5) is 0 Å². The second kappa shape index (κ2) is 2.98. The molecule has 0 atom stereocenters. The van der Waals surface area contributed by atoms with Gasteiger partial charge in [0.15, 0.2) is 0 Å². The van der Waals surface area contributed by atoms with Gasteiger partial charge < -0.3 is 5.11 Å². The predicted molar refractivity (Wildman–Crippen MR) is 57.6 cm³/mol. The minimum absolute atomic E-state index is 0.315. The summed E-state index contributed by atoms with van der Waals surface area (Å²) in [6, 6.07) is 5.69. The van der Waals surface area contributed by atoms with E-state index >= 15 is 0 Å². The van der Waals surface area contributed by atoms with Gasteiger partial charge in [-0.1, -0.05) is 0 Å². The second-order valence-corrected chi connectivity index (χ2v) is 3.69. The molecular formula is C12H13NO. The maximum Gasteiger partial charge on any atom is 0.120 e. The smallest absolute Gasteiger partial charge is 0.120 e. The number of nitrogens with zero attached hydrogens (tertiary/aromatic N) is 1. The molecule has 0 aliphatic rings. The SMILES string of the molecule is Cc1cc(C)c2ccc(O)c(C)c2n1. The third kappa shape index (κ3) is 1.23. The molecular weight excluding hydrogens is 174 g/mol. The first-order valence-electron chi connectivity index (χ1n) is 4.66. The van der Waals surface area contributed by atoms with Gasteiger partial charge in [-0.05, 0) is 44.5 Å². The monoisotopic (exact) mass is 187 g/mol. The molecule has 1 N–H and O–H groups in total. The summed E-state index contributed by atoms with van der Waals surface area (Å²) in [4.78, 5) is 4.44. The molecule has 2 rings (SSSR count). The Bertz CT molecular complexity index is 503. The van der Waals surface area contributed by atoms with Crippen molar-refractivity contribution in [2.75, 3.05) is 0 Å². The number of phenols is 1. The Balaban J connectivity index is 2.95. The van der Waals surface area contributed by atoms with Gasteiger partial charge in [-0.25, -0.2) is 0 Å². The van der Waals surface area contributed by atoms with Crippen LogP contribution in [0.15, 0.2) is 18.2 Å². The van der Waals surface area contributed by atoms with E-state index in [1.54, 1.807) is 6.07 Å². The quantitative estimate of drug-likeness (QED) is 0.688. The molecule has 0 aliphatic heterocycles. The predicted octanol–water partition coefficient (Wildman–Crippen LogP) is 2.87. The number of phenolic OH excluding ortho intramolecular Hbond substituents is 1. The van der Waals surface area contributed by atoms with E-state index in [1.165, 1.54) is 5.56 Å². The minimum Gasteiger partial charge on any atom is -0.508 e. The molecule has 0 saturated heterocycles. The molecule has 1 heterocycles. The average Bonchev–Trinajstić information content (AvgIpc) is 2.12. The lowest BCUT2D eigenvalue weighted by Crippen LogP contribution is -1.90. The van der Waals surface area contributed by atoms with Crippen molar-refractivity contribution in [1.29, 1.82) is 0 Å². The molecule has 2 aromatic rings. The van der Waals surface area contributed by atoms with Gasteiger partial charge in [0.05, 0.1) is 5.52 Å². The lowest BCUT2D eigenvalue weighted by atomic mass is 10.1. The number of fused-ring (bicyclic) bond motifs is 1. The summed E-state index contributed by atoms with van der Waals surface area (Å²) in [6.07, 6.45) is 0. The van der Waals surface area contributed by atoms with E-state index in [1.807, 2.05) is 19.9 Å². The summed E-state index contributed by atoms with van der Waals surface area (Å²) in [6.45, 7) is 5.92. The summed E-state index contributed by atoms with van der Waals surface area (Å²) in [5, 5.41) is 10.7. The van der Waals surface area contributed by atoms with Crippen LogP contribution in [-0.2, 0) is 0 Å². The normalized spacial score (nSPS) is 10.8. The van der Waals surface area contributed by atoms with Crippen LogP contribution < -0.4 is 0 Å². The molecule has 0 aliphatic carbocycles. The highest BCUT2D eigenvalue weighted by molar-refractivity contribution is 5.86. The maximum absolute atomic E-state index is 9.56. The first kappa shape index (κ1) is 9.00. The average molecular weight is 187 g/mol. The van der Waals surface area contributed by atoms with Crippen molar-refractivity contribution >= 4 is 10.9 Å². The van der Waals surface area contributed by atoms with E-state index in [4.69, 9.17) is 0 Å². The van der Waals surface area contributed by atoms with Gasteiger partial charge in [0.1, 0.15) is 5.75 Å². The molecule has 0 saturated carbocycles. The van der Waals surface area contributed by atoms with E-state index < -0.39 is 0 Å². The summed E-state index contributed by atoms with van der Waals surface area (Å²) in [5.74, 6) is 0.315. The molecule has 1 aromatic heterocycles. The van der Waals surface area contributed by atoms with E-state index in [0.717, 1.165) is 22.2 Å². The van der Waals surface area contributed by atoms with Gasteiger partial charge in [-0.3, -0.25) is 4.98 Å². The molecule has 0 unspecified atom stereocenters. The third-order valence-corrected chi connectivity index (χ3v) is 2.54. The van der Waals surface area contributed by atoms with Crippen LogP contribution in [0.1, 0.15) is 16.8 Å². The lowest BCUT2D eigenvalue weighted by Gasteiger charge is -2.07. The number of benzene rings is 1. The molecule has 72 valence electrons. The van der Waals surface area contributed by atoms with Gasteiger partial charge in [0.25, 0.3) is 0 Å². The molecule has 14 heavy (non-hydrogen) atoms. The van der Waals surface area contributed by atoms with Crippen LogP contribution >= 0.6 is 0 Å². The van der Waals surface area contributed by atoms with Crippen LogP contribution in [-0.4, -0.2) is 10.1 Å². The van der Waals surface area contributed by atoms with Crippen LogP contribution in [0.5, 0.6) is 5.75 Å². The highest BCUT2D eigenvalue weighted by Gasteiger charge is 2.06. The summed E-state index contributed by atoms with van der Waals surface area (Å²) in [5.41, 5.74) is 3.95. The summed E-state index contributed by atoms with van der Waals surface area (Å²) >= 11 is 0. The number of hydrogen-bond acceptors (Lipinski definition) is 2. The fraction of sp³-hybridized carbons (Fsp3) is 0.250. The van der Waals surface area contributed by atoms with Gasteiger partial charge in [0, 0.05) is 16.6 Å². The molecule has 0 bridgehead atoms. The number of pyridine rings is 1. The van der Waals surface area contributed by atoms with E-state index in [0.29, 0.717) is 5.75 Å². The zero-order valence-electron chi connectivity index (χ0n) is 8.63. The first-order chi connectivity index (χ1) is 6.59. The summed E-state index contributed by atoms with van der Waals surface area (Å²) in [7, 11) is 0. The van der Waals surface area contributed by atoms with Crippen molar-refractivity contribution in [3.05, 3.63) is 35.0 Å². The molecule has 2 heteroatoms. The van der Waals surface area contributed by atoms with Gasteiger partial charge in [-0.2, -0.15) is 0 Å². The van der Waals surface area contributed by atoms with Gasteiger partial charge >= 0.3 is 0 Å². The number of hydrogen-bond donors (Lipinski definition) is 1. The Morgan fingerprint density at radius 2 is 1.86 bits per heavy atom. The van der Waals surface area contributed by atoms with Gasteiger partial charge in [0.2, 0.25) is 0 Å². The van der Waals surface area contributed by atoms with Crippen molar-refractivity contribution in [2.45, 2.75) is 20.8 Å². The standard InChI is InChI=1S/C12H13NO/c1-7-6-8(2)13-12-9(3)11(14)5-4-10(7)12/h4-6,14H,1-3H3. The first-order valence-corrected chi connectivity index (χ1v) is 4.66. The molecule has 0 spiro atoms. The zero-order valence-corrected chi connectivity index (χ0v) is 8.63. The van der Waals surface area contributed by atoms with Crippen LogP contribution in [0.3, 0.4) is 0 Å². The number of aryl methyl sites for hydroxylation is 3. The van der Waals surface area contributed by atoms with E-state index in [-0.39, 0.29) is 0 Å². The Morgan fingerprint density at radius 1 is 1.14 bits per heavy atom. The Kier molecular flexibility index (Phi) is 1.92. The zero-order chi connectivity index (χ0) is 10.3. The van der Waals surface area contributed by atoms with E-state index in [2.05, 4.69) is 18.0 Å². The molecule has 0 fully saturated rings. The van der Waals surface area contributed by atoms with Crippen molar-refractivity contribution in [2.24, 2.45) is 0 Å². The fourth-order valence-electron chi connectivity index (χ4n) is 1.75. The number of aromatic hydroxyl groups is 1. The van der Waals surface area contributed by atoms with Crippen molar-refractivity contribution in [3.8, 4) is 5.75 Å². The van der Waals surface area contributed by atoms with E-state index in [9.17, 15) is 5.11 Å². The maximum atomic E-state index is 9.56. The molecule has 0 radical (unpaired) electrons.